The Bertz CT molecular complexity index is 457. The third kappa shape index (κ3) is 2.21. The van der Waals surface area contributed by atoms with Crippen LogP contribution in [-0.2, 0) is 23.1 Å². The van der Waals surface area contributed by atoms with E-state index in [0.717, 1.165) is 17.0 Å². The molecule has 2 rings (SSSR count). The Morgan fingerprint density at radius 1 is 1.50 bits per heavy atom. The monoisotopic (exact) mass is 261 g/mol. The van der Waals surface area contributed by atoms with Gasteiger partial charge in [0, 0.05) is 4.88 Å². The van der Waals surface area contributed by atoms with Gasteiger partial charge in [0.25, 0.3) is 0 Å². The quantitative estimate of drug-likeness (QED) is 0.882. The Hall–Kier alpha value is -0.660. The molecule has 0 amide bonds. The molecule has 1 aromatic rings. The molecular weight excluding hydrogens is 246 g/mol. The molecule has 0 spiro atoms. The maximum Gasteiger partial charge on any atom is 0.214 e. The van der Waals surface area contributed by atoms with Crippen LogP contribution in [0, 0.1) is 0 Å². The molecule has 7 heteroatoms. The topological polar surface area (TPSA) is 76.3 Å². The number of rotatable bonds is 4. The summed E-state index contributed by atoms with van der Waals surface area (Å²) in [7, 11) is -3.11. The first-order valence-electron chi connectivity index (χ1n) is 5.25. The molecule has 1 aliphatic heterocycles. The first-order chi connectivity index (χ1) is 7.53. The molecule has 2 N–H and O–H groups in total. The van der Waals surface area contributed by atoms with E-state index in [9.17, 15) is 8.42 Å². The van der Waals surface area contributed by atoms with E-state index < -0.39 is 10.0 Å². The summed E-state index contributed by atoms with van der Waals surface area (Å²) in [5.41, 5.74) is 6.38. The second-order valence-corrected chi connectivity index (χ2v) is 7.06. The lowest BCUT2D eigenvalue weighted by Crippen LogP contribution is -2.28. The first-order valence-corrected chi connectivity index (χ1v) is 7.67. The number of hydrogen-bond donors (Lipinski definition) is 1. The maximum absolute atomic E-state index is 11.9. The average molecular weight is 261 g/mol. The lowest BCUT2D eigenvalue weighted by molar-refractivity contribution is 0.429. The number of hydrogen-bond acceptors (Lipinski definition) is 5. The van der Waals surface area contributed by atoms with E-state index in [0.29, 0.717) is 24.6 Å². The van der Waals surface area contributed by atoms with Crippen LogP contribution in [0.4, 0.5) is 5.13 Å². The van der Waals surface area contributed by atoms with Gasteiger partial charge in [0.2, 0.25) is 10.0 Å². The zero-order valence-electron chi connectivity index (χ0n) is 9.14. The highest BCUT2D eigenvalue weighted by molar-refractivity contribution is 7.89. The Balaban J connectivity index is 2.08. The summed E-state index contributed by atoms with van der Waals surface area (Å²) >= 11 is 1.38. The van der Waals surface area contributed by atoms with Crippen LogP contribution >= 0.6 is 11.3 Å². The predicted octanol–water partition coefficient (Wildman–Crippen LogP) is 1.17. The van der Waals surface area contributed by atoms with Gasteiger partial charge in [0.1, 0.15) is 0 Å². The summed E-state index contributed by atoms with van der Waals surface area (Å²) < 4.78 is 25.3. The van der Waals surface area contributed by atoms with E-state index in [1.54, 1.807) is 0 Å². The molecule has 16 heavy (non-hydrogen) atoms. The van der Waals surface area contributed by atoms with Crippen molar-refractivity contribution in [2.24, 2.45) is 0 Å². The van der Waals surface area contributed by atoms with Crippen molar-refractivity contribution in [3.63, 3.8) is 0 Å². The number of thiazole rings is 1. The normalized spacial score (nSPS) is 16.6. The molecule has 1 aliphatic rings. The van der Waals surface area contributed by atoms with Gasteiger partial charge < -0.3 is 5.73 Å². The van der Waals surface area contributed by atoms with E-state index in [-0.39, 0.29) is 5.75 Å². The molecule has 1 aromatic heterocycles. The molecule has 0 unspecified atom stereocenters. The molecule has 0 radical (unpaired) electrons. The lowest BCUT2D eigenvalue weighted by atomic mass is 10.4. The molecule has 0 saturated carbocycles. The molecular formula is C9H15N3O2S2. The maximum atomic E-state index is 11.9. The Morgan fingerprint density at radius 2 is 2.25 bits per heavy atom. The fourth-order valence-corrected chi connectivity index (χ4v) is 4.18. The SMILES string of the molecule is CCCCS(=O)(=O)N1Cc2nc(N)sc2C1. The largest absolute Gasteiger partial charge is 0.375 e. The van der Waals surface area contributed by atoms with Gasteiger partial charge in [-0.25, -0.2) is 13.4 Å². The molecule has 2 heterocycles. The smallest absolute Gasteiger partial charge is 0.214 e. The van der Waals surface area contributed by atoms with Crippen molar-refractivity contribution in [1.29, 1.82) is 0 Å². The minimum Gasteiger partial charge on any atom is -0.375 e. The summed E-state index contributed by atoms with van der Waals surface area (Å²) in [6.07, 6.45) is 1.60. The summed E-state index contributed by atoms with van der Waals surface area (Å²) in [6.45, 7) is 2.81. The Morgan fingerprint density at radius 3 is 2.88 bits per heavy atom. The highest BCUT2D eigenvalue weighted by atomic mass is 32.2. The average Bonchev–Trinajstić information content (AvgIpc) is 2.71. The van der Waals surface area contributed by atoms with Crippen LogP contribution in [0.5, 0.6) is 0 Å². The number of nitrogens with two attached hydrogens (primary N) is 1. The highest BCUT2D eigenvalue weighted by Crippen LogP contribution is 2.31. The van der Waals surface area contributed by atoms with Gasteiger partial charge in [-0.3, -0.25) is 0 Å². The first kappa shape index (κ1) is 11.8. The van der Waals surface area contributed by atoms with Crippen molar-refractivity contribution in [2.45, 2.75) is 32.9 Å². The summed E-state index contributed by atoms with van der Waals surface area (Å²) in [5.74, 6) is 0.230. The third-order valence-corrected chi connectivity index (χ3v) is 5.35. The van der Waals surface area contributed by atoms with E-state index in [1.807, 2.05) is 6.92 Å². The van der Waals surface area contributed by atoms with Crippen LogP contribution in [0.25, 0.3) is 0 Å². The highest BCUT2D eigenvalue weighted by Gasteiger charge is 2.31. The van der Waals surface area contributed by atoms with Crippen LogP contribution in [0.2, 0.25) is 0 Å². The molecule has 0 aromatic carbocycles. The third-order valence-electron chi connectivity index (χ3n) is 2.59. The summed E-state index contributed by atoms with van der Waals surface area (Å²) in [4.78, 5) is 5.11. The fourth-order valence-electron chi connectivity index (χ4n) is 1.69. The number of sulfonamides is 1. The molecule has 0 fully saturated rings. The second-order valence-electron chi connectivity index (χ2n) is 3.86. The zero-order valence-corrected chi connectivity index (χ0v) is 10.8. The van der Waals surface area contributed by atoms with Gasteiger partial charge in [-0.15, -0.1) is 11.3 Å². The zero-order chi connectivity index (χ0) is 11.8. The fraction of sp³-hybridized carbons (Fsp3) is 0.667. The lowest BCUT2D eigenvalue weighted by Gasteiger charge is -2.14. The van der Waals surface area contributed by atoms with Crippen LogP contribution in [-0.4, -0.2) is 23.5 Å². The second kappa shape index (κ2) is 4.31. The van der Waals surface area contributed by atoms with Crippen molar-refractivity contribution in [3.05, 3.63) is 10.6 Å². The number of aromatic nitrogens is 1. The number of anilines is 1. The minimum absolute atomic E-state index is 0.230. The molecule has 0 bridgehead atoms. The van der Waals surface area contributed by atoms with Gasteiger partial charge in [0.15, 0.2) is 5.13 Å². The van der Waals surface area contributed by atoms with E-state index in [1.165, 1.54) is 15.6 Å². The van der Waals surface area contributed by atoms with Gasteiger partial charge in [0.05, 0.1) is 24.5 Å². The number of nitrogen functional groups attached to an aromatic ring is 1. The molecule has 0 aliphatic carbocycles. The Labute approximate surface area is 99.3 Å². The number of fused-ring (bicyclic) bond motifs is 1. The standard InChI is InChI=1S/C9H15N3O2S2/c1-2-3-4-16(13,14)12-5-7-8(6-12)15-9(10)11-7/h2-6H2,1H3,(H2,10,11). The minimum atomic E-state index is -3.11. The molecule has 0 saturated heterocycles. The van der Waals surface area contributed by atoms with Crippen LogP contribution in [0.15, 0.2) is 0 Å². The van der Waals surface area contributed by atoms with Gasteiger partial charge in [-0.2, -0.15) is 4.31 Å². The van der Waals surface area contributed by atoms with Crippen molar-refractivity contribution in [1.82, 2.24) is 9.29 Å². The summed E-state index contributed by atoms with van der Waals surface area (Å²) in [6, 6.07) is 0. The summed E-state index contributed by atoms with van der Waals surface area (Å²) in [5, 5.41) is 0.524. The van der Waals surface area contributed by atoms with E-state index in [4.69, 9.17) is 5.73 Å². The Kier molecular flexibility index (Phi) is 3.18. The van der Waals surface area contributed by atoms with Gasteiger partial charge in [-0.1, -0.05) is 13.3 Å². The van der Waals surface area contributed by atoms with Crippen LogP contribution in [0.1, 0.15) is 30.3 Å². The molecule has 90 valence electrons. The van der Waals surface area contributed by atoms with Crippen molar-refractivity contribution >= 4 is 26.5 Å². The van der Waals surface area contributed by atoms with Gasteiger partial charge >= 0.3 is 0 Å². The van der Waals surface area contributed by atoms with E-state index >= 15 is 0 Å². The number of nitrogens with zero attached hydrogens (tertiary/aromatic N) is 2. The van der Waals surface area contributed by atoms with Crippen LogP contribution in [0.3, 0.4) is 0 Å². The van der Waals surface area contributed by atoms with E-state index in [2.05, 4.69) is 4.98 Å². The van der Waals surface area contributed by atoms with Gasteiger partial charge in [-0.05, 0) is 6.42 Å². The van der Waals surface area contributed by atoms with Crippen molar-refractivity contribution < 1.29 is 8.42 Å². The predicted molar refractivity (Wildman–Crippen MR) is 64.5 cm³/mol. The van der Waals surface area contributed by atoms with Crippen molar-refractivity contribution in [2.75, 3.05) is 11.5 Å². The number of unbranched alkanes of at least 4 members (excludes halogenated alkanes) is 1. The van der Waals surface area contributed by atoms with Crippen molar-refractivity contribution in [3.8, 4) is 0 Å². The molecule has 0 atom stereocenters. The van der Waals surface area contributed by atoms with Crippen LogP contribution < -0.4 is 5.73 Å². The molecule has 5 nitrogen and oxygen atoms in total.